The van der Waals surface area contributed by atoms with Crippen molar-refractivity contribution in [3.8, 4) is 11.3 Å². The van der Waals surface area contributed by atoms with E-state index in [1.165, 1.54) is 22.6 Å². The van der Waals surface area contributed by atoms with Crippen molar-refractivity contribution in [2.24, 2.45) is 0 Å². The van der Waals surface area contributed by atoms with Gasteiger partial charge in [0.1, 0.15) is 0 Å². The fraction of sp³-hybridized carbons (Fsp3) is 0.360. The van der Waals surface area contributed by atoms with E-state index in [9.17, 15) is 4.79 Å². The molecule has 3 aromatic rings. The SMILES string of the molecule is Cc1ccc(-c2cnc(CCC(=O)Nc3ccc(CN4CCSCC4)cc3C)o2)cc1. The Kier molecular flexibility index (Phi) is 7.10. The molecule has 6 heteroatoms. The summed E-state index contributed by atoms with van der Waals surface area (Å²) < 4.78 is 5.82. The summed E-state index contributed by atoms with van der Waals surface area (Å²) >= 11 is 2.02. The number of oxazole rings is 1. The average Bonchev–Trinajstić information content (AvgIpc) is 3.25. The first-order chi connectivity index (χ1) is 15.1. The molecule has 0 radical (unpaired) electrons. The van der Waals surface area contributed by atoms with Gasteiger partial charge in [0.25, 0.3) is 0 Å². The Labute approximate surface area is 188 Å². The maximum atomic E-state index is 12.5. The van der Waals surface area contributed by atoms with Crippen LogP contribution in [0.2, 0.25) is 0 Å². The molecule has 2 aromatic carbocycles. The lowest BCUT2D eigenvalue weighted by molar-refractivity contribution is -0.116. The zero-order valence-electron chi connectivity index (χ0n) is 18.2. The normalized spacial score (nSPS) is 14.5. The van der Waals surface area contributed by atoms with Crippen molar-refractivity contribution >= 4 is 23.4 Å². The summed E-state index contributed by atoms with van der Waals surface area (Å²) in [7, 11) is 0. The Morgan fingerprint density at radius 2 is 1.90 bits per heavy atom. The highest BCUT2D eigenvalue weighted by molar-refractivity contribution is 7.99. The van der Waals surface area contributed by atoms with Crippen LogP contribution in [0, 0.1) is 13.8 Å². The van der Waals surface area contributed by atoms with E-state index >= 15 is 0 Å². The minimum absolute atomic E-state index is 0.0287. The number of hydrogen-bond donors (Lipinski definition) is 1. The second-order valence-corrected chi connectivity index (χ2v) is 9.29. The van der Waals surface area contributed by atoms with Crippen molar-refractivity contribution in [1.29, 1.82) is 0 Å². The van der Waals surface area contributed by atoms with Crippen LogP contribution in [0.4, 0.5) is 5.69 Å². The third-order valence-corrected chi connectivity index (χ3v) is 6.47. The van der Waals surface area contributed by atoms with Gasteiger partial charge >= 0.3 is 0 Å². The molecule has 1 aromatic heterocycles. The lowest BCUT2D eigenvalue weighted by Gasteiger charge is -2.26. The number of benzene rings is 2. The molecule has 0 bridgehead atoms. The summed E-state index contributed by atoms with van der Waals surface area (Å²) in [6.45, 7) is 7.37. The molecule has 1 aliphatic heterocycles. The Morgan fingerprint density at radius 1 is 1.13 bits per heavy atom. The number of rotatable bonds is 7. The van der Waals surface area contributed by atoms with Crippen LogP contribution < -0.4 is 5.32 Å². The van der Waals surface area contributed by atoms with Gasteiger partial charge in [-0.15, -0.1) is 0 Å². The summed E-state index contributed by atoms with van der Waals surface area (Å²) in [5, 5.41) is 3.03. The van der Waals surface area contributed by atoms with Crippen LogP contribution in [0.3, 0.4) is 0 Å². The molecule has 4 rings (SSSR count). The second kappa shape index (κ2) is 10.2. The van der Waals surface area contributed by atoms with Crippen LogP contribution in [0.15, 0.2) is 53.1 Å². The standard InChI is InChI=1S/C25H29N3O2S/c1-18-3-6-21(7-4-18)23-16-26-25(30-23)10-9-24(29)27-22-8-5-20(15-19(22)2)17-28-11-13-31-14-12-28/h3-8,15-16H,9-14,17H2,1-2H3,(H,27,29). The molecule has 5 nitrogen and oxygen atoms in total. The largest absolute Gasteiger partial charge is 0.441 e. The van der Waals surface area contributed by atoms with Crippen molar-refractivity contribution < 1.29 is 9.21 Å². The Morgan fingerprint density at radius 3 is 2.65 bits per heavy atom. The zero-order valence-corrected chi connectivity index (χ0v) is 19.0. The van der Waals surface area contributed by atoms with Gasteiger partial charge in [-0.3, -0.25) is 9.69 Å². The van der Waals surface area contributed by atoms with Crippen LogP contribution >= 0.6 is 11.8 Å². The number of thioether (sulfide) groups is 1. The minimum atomic E-state index is -0.0287. The molecule has 1 saturated heterocycles. The second-order valence-electron chi connectivity index (χ2n) is 8.07. The van der Waals surface area contributed by atoms with Gasteiger partial charge < -0.3 is 9.73 Å². The van der Waals surface area contributed by atoms with Crippen LogP contribution in [0.25, 0.3) is 11.3 Å². The minimum Gasteiger partial charge on any atom is -0.441 e. The molecule has 1 fully saturated rings. The van der Waals surface area contributed by atoms with Crippen LogP contribution in [-0.4, -0.2) is 40.4 Å². The van der Waals surface area contributed by atoms with Crippen molar-refractivity contribution in [3.63, 3.8) is 0 Å². The van der Waals surface area contributed by atoms with Crippen LogP contribution in [0.1, 0.15) is 29.0 Å². The van der Waals surface area contributed by atoms with E-state index in [1.54, 1.807) is 6.20 Å². The maximum Gasteiger partial charge on any atom is 0.224 e. The predicted octanol–water partition coefficient (Wildman–Crippen LogP) is 5.08. The fourth-order valence-corrected chi connectivity index (χ4v) is 4.67. The van der Waals surface area contributed by atoms with Crippen molar-refractivity contribution in [3.05, 3.63) is 71.2 Å². The number of aromatic nitrogens is 1. The van der Waals surface area contributed by atoms with Gasteiger partial charge in [-0.1, -0.05) is 42.0 Å². The number of aryl methyl sites for hydroxylation is 3. The van der Waals surface area contributed by atoms with Crippen molar-refractivity contribution in [2.75, 3.05) is 29.9 Å². The number of carbonyl (C=O) groups is 1. The first kappa shape index (κ1) is 21.7. The van der Waals surface area contributed by atoms with E-state index in [4.69, 9.17) is 4.42 Å². The van der Waals surface area contributed by atoms with E-state index in [2.05, 4.69) is 34.3 Å². The van der Waals surface area contributed by atoms with Gasteiger partial charge in [-0.2, -0.15) is 11.8 Å². The summed E-state index contributed by atoms with van der Waals surface area (Å²) in [4.78, 5) is 19.3. The molecule has 1 amide bonds. The molecule has 31 heavy (non-hydrogen) atoms. The van der Waals surface area contributed by atoms with Crippen LogP contribution in [0.5, 0.6) is 0 Å². The molecular weight excluding hydrogens is 406 g/mol. The van der Waals surface area contributed by atoms with Crippen LogP contribution in [-0.2, 0) is 17.8 Å². The number of nitrogens with one attached hydrogen (secondary N) is 1. The van der Waals surface area contributed by atoms with Gasteiger partial charge in [0, 0.05) is 55.2 Å². The lowest BCUT2D eigenvalue weighted by Crippen LogP contribution is -2.31. The van der Waals surface area contributed by atoms with E-state index in [0.29, 0.717) is 18.7 Å². The molecular formula is C25H29N3O2S. The van der Waals surface area contributed by atoms with Gasteiger partial charge in [-0.25, -0.2) is 4.98 Å². The first-order valence-corrected chi connectivity index (χ1v) is 11.9. The topological polar surface area (TPSA) is 58.4 Å². The predicted molar refractivity (Wildman–Crippen MR) is 127 cm³/mol. The number of anilines is 1. The third kappa shape index (κ3) is 5.99. The number of amides is 1. The molecule has 0 unspecified atom stereocenters. The number of hydrogen-bond acceptors (Lipinski definition) is 5. The van der Waals surface area contributed by atoms with Gasteiger partial charge in [0.2, 0.25) is 5.91 Å². The van der Waals surface area contributed by atoms with E-state index in [0.717, 1.165) is 42.2 Å². The summed E-state index contributed by atoms with van der Waals surface area (Å²) in [6, 6.07) is 14.4. The molecule has 0 aliphatic carbocycles. The Hall–Kier alpha value is -2.57. The maximum absolute atomic E-state index is 12.5. The molecule has 0 saturated carbocycles. The van der Waals surface area contributed by atoms with E-state index in [1.807, 2.05) is 49.0 Å². The summed E-state index contributed by atoms with van der Waals surface area (Å²) in [5.41, 5.74) is 5.46. The Balaban J connectivity index is 1.29. The molecule has 162 valence electrons. The van der Waals surface area contributed by atoms with Gasteiger partial charge in [0.15, 0.2) is 11.7 Å². The van der Waals surface area contributed by atoms with E-state index < -0.39 is 0 Å². The quantitative estimate of drug-likeness (QED) is 0.561. The first-order valence-electron chi connectivity index (χ1n) is 10.8. The Bertz CT molecular complexity index is 1020. The summed E-state index contributed by atoms with van der Waals surface area (Å²) in [6.07, 6.45) is 2.53. The van der Waals surface area contributed by atoms with Gasteiger partial charge in [0.05, 0.1) is 6.20 Å². The van der Waals surface area contributed by atoms with Gasteiger partial charge in [-0.05, 0) is 31.0 Å². The third-order valence-electron chi connectivity index (χ3n) is 5.53. The highest BCUT2D eigenvalue weighted by Gasteiger charge is 2.13. The molecule has 0 spiro atoms. The van der Waals surface area contributed by atoms with Crippen molar-refractivity contribution in [1.82, 2.24) is 9.88 Å². The monoisotopic (exact) mass is 435 g/mol. The fourth-order valence-electron chi connectivity index (χ4n) is 3.69. The highest BCUT2D eigenvalue weighted by Crippen LogP contribution is 2.22. The number of carbonyl (C=O) groups excluding carboxylic acids is 1. The molecule has 2 heterocycles. The highest BCUT2D eigenvalue weighted by atomic mass is 32.2. The molecule has 1 aliphatic rings. The van der Waals surface area contributed by atoms with Crippen molar-refractivity contribution in [2.45, 2.75) is 33.2 Å². The van der Waals surface area contributed by atoms with E-state index in [-0.39, 0.29) is 5.91 Å². The molecule has 1 N–H and O–H groups in total. The average molecular weight is 436 g/mol. The zero-order chi connectivity index (χ0) is 21.6. The lowest BCUT2D eigenvalue weighted by atomic mass is 10.1. The molecule has 0 atom stereocenters. The number of nitrogens with zero attached hydrogens (tertiary/aromatic N) is 2. The smallest absolute Gasteiger partial charge is 0.224 e. The summed E-state index contributed by atoms with van der Waals surface area (Å²) in [5.74, 6) is 3.71.